The highest BCUT2D eigenvalue weighted by atomic mass is 16.5. The molecule has 0 aliphatic carbocycles. The Bertz CT molecular complexity index is 1140. The van der Waals surface area contributed by atoms with Gasteiger partial charge in [-0.3, -0.25) is 9.59 Å². The molecule has 0 radical (unpaired) electrons. The molecule has 6 heteroatoms. The standard InChI is InChI=1S/C23H21N3O3/c1-3-16-8-4-6-10-20(16)25-23(28)17(13-24)12-18-14-26(15-22(27)29-2)21-11-7-5-9-19(18)21/h4-12,14H,3,15H2,1-2H3,(H,25,28)/b17-12-. The Morgan fingerprint density at radius 1 is 1.17 bits per heavy atom. The monoisotopic (exact) mass is 387 g/mol. The van der Waals surface area contributed by atoms with Crippen LogP contribution in [-0.4, -0.2) is 23.6 Å². The van der Waals surface area contributed by atoms with Gasteiger partial charge in [-0.25, -0.2) is 0 Å². The number of para-hydroxylation sites is 2. The van der Waals surface area contributed by atoms with E-state index in [1.807, 2.05) is 61.5 Å². The van der Waals surface area contributed by atoms with Gasteiger partial charge < -0.3 is 14.6 Å². The average Bonchev–Trinajstić information content (AvgIpc) is 3.09. The van der Waals surface area contributed by atoms with E-state index in [0.29, 0.717) is 11.3 Å². The third-order valence-electron chi connectivity index (χ3n) is 4.66. The van der Waals surface area contributed by atoms with E-state index in [4.69, 9.17) is 4.74 Å². The quantitative estimate of drug-likeness (QED) is 0.395. The van der Waals surface area contributed by atoms with Crippen molar-refractivity contribution in [2.75, 3.05) is 12.4 Å². The van der Waals surface area contributed by atoms with E-state index in [2.05, 4.69) is 5.32 Å². The normalized spacial score (nSPS) is 11.1. The van der Waals surface area contributed by atoms with Crippen molar-refractivity contribution < 1.29 is 14.3 Å². The molecule has 1 N–H and O–H groups in total. The maximum atomic E-state index is 12.7. The SMILES string of the molecule is CCc1ccccc1NC(=O)/C(C#N)=C\c1cn(CC(=O)OC)c2ccccc12. The molecule has 0 fully saturated rings. The van der Waals surface area contributed by atoms with E-state index in [1.165, 1.54) is 7.11 Å². The number of aromatic nitrogens is 1. The summed E-state index contributed by atoms with van der Waals surface area (Å²) < 4.78 is 6.49. The van der Waals surface area contributed by atoms with E-state index >= 15 is 0 Å². The van der Waals surface area contributed by atoms with E-state index < -0.39 is 5.91 Å². The van der Waals surface area contributed by atoms with Crippen molar-refractivity contribution in [2.24, 2.45) is 0 Å². The van der Waals surface area contributed by atoms with Crippen molar-refractivity contribution in [1.29, 1.82) is 5.26 Å². The largest absolute Gasteiger partial charge is 0.468 e. The zero-order valence-electron chi connectivity index (χ0n) is 16.3. The molecule has 0 atom stereocenters. The molecule has 0 saturated heterocycles. The topological polar surface area (TPSA) is 84.1 Å². The number of nitriles is 1. The molecule has 2 aromatic carbocycles. The Hall–Kier alpha value is -3.85. The summed E-state index contributed by atoms with van der Waals surface area (Å²) in [6.45, 7) is 2.05. The average molecular weight is 387 g/mol. The fourth-order valence-corrected chi connectivity index (χ4v) is 3.17. The first-order valence-electron chi connectivity index (χ1n) is 9.23. The summed E-state index contributed by atoms with van der Waals surface area (Å²) in [5, 5.41) is 13.2. The van der Waals surface area contributed by atoms with Crippen molar-refractivity contribution in [3.05, 3.63) is 71.4 Å². The van der Waals surface area contributed by atoms with Crippen LogP contribution in [0.5, 0.6) is 0 Å². The Labute approximate surface area is 169 Å². The summed E-state index contributed by atoms with van der Waals surface area (Å²) in [6, 6.07) is 17.0. The van der Waals surface area contributed by atoms with Crippen molar-refractivity contribution in [1.82, 2.24) is 4.57 Å². The molecule has 0 unspecified atom stereocenters. The second-order valence-corrected chi connectivity index (χ2v) is 6.44. The van der Waals surface area contributed by atoms with Gasteiger partial charge in [-0.15, -0.1) is 0 Å². The van der Waals surface area contributed by atoms with Gasteiger partial charge in [0.2, 0.25) is 0 Å². The Morgan fingerprint density at radius 2 is 1.90 bits per heavy atom. The second kappa shape index (κ2) is 8.89. The van der Waals surface area contributed by atoms with Gasteiger partial charge in [-0.05, 0) is 30.2 Å². The molecule has 0 aliphatic rings. The zero-order valence-corrected chi connectivity index (χ0v) is 16.3. The number of nitrogens with one attached hydrogen (secondary N) is 1. The lowest BCUT2D eigenvalue weighted by molar-refractivity contribution is -0.141. The fourth-order valence-electron chi connectivity index (χ4n) is 3.17. The van der Waals surface area contributed by atoms with Crippen LogP contribution in [0, 0.1) is 11.3 Å². The van der Waals surface area contributed by atoms with Crippen LogP contribution in [0.25, 0.3) is 17.0 Å². The zero-order chi connectivity index (χ0) is 20.8. The number of rotatable bonds is 6. The number of fused-ring (bicyclic) bond motifs is 1. The molecular weight excluding hydrogens is 366 g/mol. The molecule has 0 bridgehead atoms. The van der Waals surface area contributed by atoms with Crippen molar-refractivity contribution in [3.63, 3.8) is 0 Å². The minimum atomic E-state index is -0.474. The number of aryl methyl sites for hydroxylation is 1. The molecule has 0 saturated carbocycles. The van der Waals surface area contributed by atoms with Gasteiger partial charge in [0, 0.05) is 28.4 Å². The van der Waals surface area contributed by atoms with Crippen molar-refractivity contribution >= 4 is 34.5 Å². The first-order chi connectivity index (χ1) is 14.1. The summed E-state index contributed by atoms with van der Waals surface area (Å²) in [6.07, 6.45) is 4.05. The minimum absolute atomic E-state index is 0.0168. The van der Waals surface area contributed by atoms with Gasteiger partial charge in [0.25, 0.3) is 5.91 Å². The predicted molar refractivity (Wildman–Crippen MR) is 112 cm³/mol. The fraction of sp³-hybridized carbons (Fsp3) is 0.174. The van der Waals surface area contributed by atoms with E-state index in [9.17, 15) is 14.9 Å². The maximum absolute atomic E-state index is 12.7. The van der Waals surface area contributed by atoms with Gasteiger partial charge in [-0.2, -0.15) is 5.26 Å². The summed E-state index contributed by atoms with van der Waals surface area (Å²) in [5.41, 5.74) is 3.16. The lowest BCUT2D eigenvalue weighted by atomic mass is 10.1. The second-order valence-electron chi connectivity index (χ2n) is 6.44. The number of amides is 1. The molecular formula is C23H21N3O3. The van der Waals surface area contributed by atoms with Gasteiger partial charge in [0.1, 0.15) is 18.2 Å². The molecule has 1 amide bonds. The van der Waals surface area contributed by atoms with Crippen LogP contribution in [0.1, 0.15) is 18.1 Å². The molecule has 0 spiro atoms. The third-order valence-corrected chi connectivity index (χ3v) is 4.66. The number of esters is 1. The molecule has 29 heavy (non-hydrogen) atoms. The highest BCUT2D eigenvalue weighted by Crippen LogP contribution is 2.24. The highest BCUT2D eigenvalue weighted by Gasteiger charge is 2.15. The number of nitrogens with zero attached hydrogens (tertiary/aromatic N) is 2. The minimum Gasteiger partial charge on any atom is -0.468 e. The third kappa shape index (κ3) is 4.36. The molecule has 0 aliphatic heterocycles. The van der Waals surface area contributed by atoms with Gasteiger partial charge in [0.05, 0.1) is 7.11 Å². The molecule has 6 nitrogen and oxygen atoms in total. The number of methoxy groups -OCH3 is 1. The van der Waals surface area contributed by atoms with Crippen molar-refractivity contribution in [2.45, 2.75) is 19.9 Å². The Kier molecular flexibility index (Phi) is 6.10. The van der Waals surface area contributed by atoms with Gasteiger partial charge >= 0.3 is 5.97 Å². The van der Waals surface area contributed by atoms with Crippen molar-refractivity contribution in [3.8, 4) is 6.07 Å². The Morgan fingerprint density at radius 3 is 2.62 bits per heavy atom. The van der Waals surface area contributed by atoms with E-state index in [1.54, 1.807) is 16.8 Å². The summed E-state index contributed by atoms with van der Waals surface area (Å²) in [4.78, 5) is 24.4. The molecule has 1 aromatic heterocycles. The van der Waals surface area contributed by atoms with Crippen LogP contribution in [-0.2, 0) is 27.3 Å². The maximum Gasteiger partial charge on any atom is 0.325 e. The van der Waals surface area contributed by atoms with Crippen LogP contribution >= 0.6 is 0 Å². The summed E-state index contributed by atoms with van der Waals surface area (Å²) in [7, 11) is 1.33. The van der Waals surface area contributed by atoms with Crippen LogP contribution in [0.15, 0.2) is 60.3 Å². The number of benzene rings is 2. The molecule has 3 rings (SSSR count). The van der Waals surface area contributed by atoms with Crippen LogP contribution < -0.4 is 5.32 Å². The summed E-state index contributed by atoms with van der Waals surface area (Å²) in [5.74, 6) is -0.853. The smallest absolute Gasteiger partial charge is 0.325 e. The number of carbonyl (C=O) groups is 2. The lowest BCUT2D eigenvalue weighted by Gasteiger charge is -2.08. The number of anilines is 1. The van der Waals surface area contributed by atoms with Gasteiger partial charge in [-0.1, -0.05) is 43.3 Å². The number of carbonyl (C=O) groups excluding carboxylic acids is 2. The lowest BCUT2D eigenvalue weighted by Crippen LogP contribution is -2.14. The van der Waals surface area contributed by atoms with Gasteiger partial charge in [0.15, 0.2) is 0 Å². The van der Waals surface area contributed by atoms with Crippen LogP contribution in [0.4, 0.5) is 5.69 Å². The first-order valence-corrected chi connectivity index (χ1v) is 9.23. The number of hydrogen-bond donors (Lipinski definition) is 1. The Balaban J connectivity index is 1.97. The van der Waals surface area contributed by atoms with E-state index in [0.717, 1.165) is 22.9 Å². The number of ether oxygens (including phenoxy) is 1. The highest BCUT2D eigenvalue weighted by molar-refractivity contribution is 6.11. The number of hydrogen-bond acceptors (Lipinski definition) is 4. The van der Waals surface area contributed by atoms with Crippen LogP contribution in [0.2, 0.25) is 0 Å². The molecule has 1 heterocycles. The molecule has 3 aromatic rings. The summed E-state index contributed by atoms with van der Waals surface area (Å²) >= 11 is 0. The molecule has 146 valence electrons. The first kappa shape index (κ1) is 19.9. The van der Waals surface area contributed by atoms with Crippen LogP contribution in [0.3, 0.4) is 0 Å². The predicted octanol–water partition coefficient (Wildman–Crippen LogP) is 3.92. The van der Waals surface area contributed by atoms with E-state index in [-0.39, 0.29) is 18.1 Å².